The summed E-state index contributed by atoms with van der Waals surface area (Å²) in [6.07, 6.45) is 2.61. The van der Waals surface area contributed by atoms with Gasteiger partial charge in [0.05, 0.1) is 6.04 Å². The minimum absolute atomic E-state index is 0.174. The van der Waals surface area contributed by atoms with Crippen LogP contribution < -0.4 is 10.6 Å². The molecule has 31 heavy (non-hydrogen) atoms. The largest absolute Gasteiger partial charge is 0.322 e. The van der Waals surface area contributed by atoms with Gasteiger partial charge in [-0.3, -0.25) is 4.79 Å². The number of aryl methyl sites for hydroxylation is 1. The van der Waals surface area contributed by atoms with E-state index in [9.17, 15) is 9.59 Å². The summed E-state index contributed by atoms with van der Waals surface area (Å²) < 4.78 is 0. The van der Waals surface area contributed by atoms with E-state index < -0.39 is 0 Å². The van der Waals surface area contributed by atoms with Gasteiger partial charge in [0.15, 0.2) is 0 Å². The number of benzene rings is 2. The van der Waals surface area contributed by atoms with Crippen LogP contribution in [0, 0.1) is 0 Å². The van der Waals surface area contributed by atoms with Crippen molar-refractivity contribution in [3.05, 3.63) is 69.1 Å². The Morgan fingerprint density at radius 1 is 1.13 bits per heavy atom. The maximum absolute atomic E-state index is 12.8. The molecule has 2 aromatic carbocycles. The summed E-state index contributed by atoms with van der Waals surface area (Å²) in [5, 5.41) is 15.4. The highest BCUT2D eigenvalue weighted by atomic mass is 35.5. The van der Waals surface area contributed by atoms with Gasteiger partial charge in [-0.1, -0.05) is 48.1 Å². The van der Waals surface area contributed by atoms with Gasteiger partial charge < -0.3 is 15.5 Å². The Morgan fingerprint density at radius 2 is 1.94 bits per heavy atom. The minimum atomic E-state index is -0.351. The quantitative estimate of drug-likeness (QED) is 0.541. The van der Waals surface area contributed by atoms with Crippen molar-refractivity contribution in [1.29, 1.82) is 0 Å². The summed E-state index contributed by atoms with van der Waals surface area (Å²) in [7, 11) is 0. The molecule has 1 saturated heterocycles. The van der Waals surface area contributed by atoms with Crippen molar-refractivity contribution in [2.75, 3.05) is 17.2 Å². The molecule has 4 rings (SSSR count). The van der Waals surface area contributed by atoms with Crippen molar-refractivity contribution in [1.82, 2.24) is 15.1 Å². The second-order valence-corrected chi connectivity index (χ2v) is 8.69. The van der Waals surface area contributed by atoms with Crippen LogP contribution in [-0.2, 0) is 6.42 Å². The van der Waals surface area contributed by atoms with E-state index >= 15 is 0 Å². The van der Waals surface area contributed by atoms with Crippen LogP contribution in [0.2, 0.25) is 5.02 Å². The lowest BCUT2D eigenvalue weighted by Crippen LogP contribution is -2.34. The van der Waals surface area contributed by atoms with E-state index in [0.717, 1.165) is 24.9 Å². The van der Waals surface area contributed by atoms with E-state index in [2.05, 4.69) is 27.8 Å². The molecule has 0 bridgehead atoms. The number of halogens is 1. The highest BCUT2D eigenvalue weighted by molar-refractivity contribution is 7.13. The molecule has 2 heterocycles. The molecule has 7 nitrogen and oxygen atoms in total. The average molecular weight is 456 g/mol. The molecule has 2 N–H and O–H groups in total. The standard InChI is InChI=1S/C22H22ClN5O2S/c1-2-14-8-10-16(11-9-14)25-22(30)28-12-4-7-18(28)20-26-27-21(31-20)19(29)24-17-6-3-5-15(23)13-17/h3,5-6,8-11,13,18H,2,4,7,12H2,1H3,(H,24,29)(H,25,30)/t18-/m0/s1. The first-order valence-electron chi connectivity index (χ1n) is 10.1. The van der Waals surface area contributed by atoms with Crippen LogP contribution in [0.4, 0.5) is 16.2 Å². The summed E-state index contributed by atoms with van der Waals surface area (Å²) in [5.41, 5.74) is 2.56. The van der Waals surface area contributed by atoms with Gasteiger partial charge in [-0.05, 0) is 55.2 Å². The Labute approximate surface area is 189 Å². The molecule has 3 amide bonds. The monoisotopic (exact) mass is 455 g/mol. The first-order chi connectivity index (χ1) is 15.0. The van der Waals surface area contributed by atoms with Gasteiger partial charge >= 0.3 is 6.03 Å². The van der Waals surface area contributed by atoms with Crippen molar-refractivity contribution < 1.29 is 9.59 Å². The lowest BCUT2D eigenvalue weighted by Gasteiger charge is -2.23. The number of urea groups is 1. The Morgan fingerprint density at radius 3 is 2.68 bits per heavy atom. The minimum Gasteiger partial charge on any atom is -0.320 e. The van der Waals surface area contributed by atoms with Gasteiger partial charge in [-0.15, -0.1) is 10.2 Å². The number of nitrogens with one attached hydrogen (secondary N) is 2. The van der Waals surface area contributed by atoms with Gasteiger partial charge in [0, 0.05) is 22.9 Å². The van der Waals surface area contributed by atoms with E-state index in [4.69, 9.17) is 11.6 Å². The van der Waals surface area contributed by atoms with Crippen LogP contribution in [0.5, 0.6) is 0 Å². The van der Waals surface area contributed by atoms with Crippen molar-refractivity contribution in [2.45, 2.75) is 32.2 Å². The molecule has 1 aromatic heterocycles. The second kappa shape index (κ2) is 9.45. The molecule has 0 radical (unpaired) electrons. The molecule has 160 valence electrons. The predicted molar refractivity (Wildman–Crippen MR) is 123 cm³/mol. The molecule has 0 saturated carbocycles. The van der Waals surface area contributed by atoms with Crippen molar-refractivity contribution in [3.8, 4) is 0 Å². The number of carbonyl (C=O) groups excluding carboxylic acids is 2. The first kappa shape index (κ1) is 21.3. The summed E-state index contributed by atoms with van der Waals surface area (Å²) >= 11 is 7.17. The van der Waals surface area contributed by atoms with E-state index in [-0.39, 0.29) is 23.0 Å². The third-order valence-electron chi connectivity index (χ3n) is 5.13. The van der Waals surface area contributed by atoms with Crippen molar-refractivity contribution in [3.63, 3.8) is 0 Å². The molecule has 3 aromatic rings. The summed E-state index contributed by atoms with van der Waals surface area (Å²) in [4.78, 5) is 27.1. The highest BCUT2D eigenvalue weighted by Crippen LogP contribution is 2.34. The molecule has 0 unspecified atom stereocenters. The molecule has 0 aliphatic carbocycles. The Hall–Kier alpha value is -2.97. The maximum Gasteiger partial charge on any atom is 0.322 e. The predicted octanol–water partition coefficient (Wildman–Crippen LogP) is 5.38. The first-order valence-corrected chi connectivity index (χ1v) is 11.3. The van der Waals surface area contributed by atoms with E-state index in [0.29, 0.717) is 22.3 Å². The lowest BCUT2D eigenvalue weighted by atomic mass is 10.1. The Balaban J connectivity index is 1.43. The second-order valence-electron chi connectivity index (χ2n) is 7.24. The van der Waals surface area contributed by atoms with Crippen molar-refractivity contribution in [2.24, 2.45) is 0 Å². The van der Waals surface area contributed by atoms with Crippen LogP contribution in [0.1, 0.15) is 46.2 Å². The number of carbonyl (C=O) groups is 2. The van der Waals surface area contributed by atoms with Gasteiger partial charge in [0.2, 0.25) is 5.01 Å². The van der Waals surface area contributed by atoms with Crippen LogP contribution >= 0.6 is 22.9 Å². The number of hydrogen-bond acceptors (Lipinski definition) is 5. The average Bonchev–Trinajstić information content (AvgIpc) is 3.44. The Kier molecular flexibility index (Phi) is 6.48. The molecule has 1 aliphatic heterocycles. The van der Waals surface area contributed by atoms with E-state index in [1.165, 1.54) is 16.9 Å². The normalized spacial score (nSPS) is 15.7. The molecule has 1 aliphatic rings. The summed E-state index contributed by atoms with van der Waals surface area (Å²) in [5.74, 6) is -0.351. The van der Waals surface area contributed by atoms with Gasteiger partial charge in [-0.2, -0.15) is 0 Å². The van der Waals surface area contributed by atoms with E-state index in [1.807, 2.05) is 24.3 Å². The molecule has 1 fully saturated rings. The van der Waals surface area contributed by atoms with Crippen LogP contribution in [-0.4, -0.2) is 33.6 Å². The zero-order valence-corrected chi connectivity index (χ0v) is 18.5. The summed E-state index contributed by atoms with van der Waals surface area (Å²) in [6.45, 7) is 2.72. The molecule has 0 spiro atoms. The number of amides is 3. The number of rotatable bonds is 5. The SMILES string of the molecule is CCc1ccc(NC(=O)N2CCC[C@H]2c2nnc(C(=O)Nc3cccc(Cl)c3)s2)cc1. The zero-order chi connectivity index (χ0) is 21.8. The van der Waals surface area contributed by atoms with Crippen LogP contribution in [0.15, 0.2) is 48.5 Å². The fourth-order valence-corrected chi connectivity index (χ4v) is 4.57. The Bertz CT molecular complexity index is 1090. The maximum atomic E-state index is 12.8. The summed E-state index contributed by atoms with van der Waals surface area (Å²) in [6, 6.07) is 14.4. The van der Waals surface area contributed by atoms with E-state index in [1.54, 1.807) is 29.2 Å². The zero-order valence-electron chi connectivity index (χ0n) is 17.0. The topological polar surface area (TPSA) is 87.2 Å². The fourth-order valence-electron chi connectivity index (χ4n) is 3.50. The number of nitrogens with zero attached hydrogens (tertiary/aromatic N) is 3. The van der Waals surface area contributed by atoms with Crippen molar-refractivity contribution >= 4 is 46.3 Å². The molecular formula is C22H22ClN5O2S. The number of hydrogen-bond donors (Lipinski definition) is 2. The van der Waals surface area contributed by atoms with Gasteiger partial charge in [0.25, 0.3) is 5.91 Å². The van der Waals surface area contributed by atoms with Crippen LogP contribution in [0.3, 0.4) is 0 Å². The van der Waals surface area contributed by atoms with Gasteiger partial charge in [0.1, 0.15) is 5.01 Å². The lowest BCUT2D eigenvalue weighted by molar-refractivity contribution is 0.102. The van der Waals surface area contributed by atoms with Crippen LogP contribution in [0.25, 0.3) is 0 Å². The number of anilines is 2. The van der Waals surface area contributed by atoms with Gasteiger partial charge in [-0.25, -0.2) is 4.79 Å². The highest BCUT2D eigenvalue weighted by Gasteiger charge is 2.33. The third-order valence-corrected chi connectivity index (χ3v) is 6.39. The molecule has 1 atom stereocenters. The number of aromatic nitrogens is 2. The third kappa shape index (κ3) is 5.03. The fraction of sp³-hybridized carbons (Fsp3) is 0.273. The molecular weight excluding hydrogens is 434 g/mol. The molecule has 9 heteroatoms. The smallest absolute Gasteiger partial charge is 0.320 e. The number of likely N-dealkylation sites (tertiary alicyclic amines) is 1.